The van der Waals surface area contributed by atoms with Gasteiger partial charge in [-0.1, -0.05) is 17.7 Å². The molecule has 1 aliphatic heterocycles. The average Bonchev–Trinajstić information content (AvgIpc) is 3.34. The van der Waals surface area contributed by atoms with Crippen molar-refractivity contribution in [3.8, 4) is 11.4 Å². The normalized spacial score (nSPS) is 13.9. The minimum absolute atomic E-state index is 0.00258. The number of piperazine rings is 1. The molecule has 2 amide bonds. The highest BCUT2D eigenvalue weighted by Gasteiger charge is 2.27. The van der Waals surface area contributed by atoms with Crippen LogP contribution in [0.1, 0.15) is 16.1 Å². The standard InChI is InChI=1S/C20H20ClN7O3/c1-31-18-12-17(28-13-23-24-25-28)16(21)11-15(18)20(30)27-8-6-26(7-9-27)19(29)10-14-4-2-3-5-22-14/h2-5,11-13H,6-10H2,1H3. The quantitative estimate of drug-likeness (QED) is 0.586. The zero-order chi connectivity index (χ0) is 21.8. The second-order valence-electron chi connectivity index (χ2n) is 6.93. The van der Waals surface area contributed by atoms with E-state index in [0.717, 1.165) is 5.69 Å². The number of hydrogen-bond acceptors (Lipinski definition) is 7. The summed E-state index contributed by atoms with van der Waals surface area (Å²) < 4.78 is 6.81. The minimum atomic E-state index is -0.209. The van der Waals surface area contributed by atoms with Crippen molar-refractivity contribution >= 4 is 23.4 Å². The summed E-state index contributed by atoms with van der Waals surface area (Å²) in [6, 6.07) is 8.67. The summed E-state index contributed by atoms with van der Waals surface area (Å²) in [5.74, 6) is 0.157. The lowest BCUT2D eigenvalue weighted by molar-refractivity contribution is -0.132. The first-order valence-electron chi connectivity index (χ1n) is 9.64. The lowest BCUT2D eigenvalue weighted by atomic mass is 10.1. The number of amides is 2. The summed E-state index contributed by atoms with van der Waals surface area (Å²) in [6.07, 6.45) is 3.32. The van der Waals surface area contributed by atoms with E-state index in [1.165, 1.54) is 18.1 Å². The molecule has 31 heavy (non-hydrogen) atoms. The van der Waals surface area contributed by atoms with Crippen LogP contribution in [0.5, 0.6) is 5.75 Å². The number of carbonyl (C=O) groups is 2. The molecule has 0 spiro atoms. The summed E-state index contributed by atoms with van der Waals surface area (Å²) >= 11 is 6.37. The number of halogens is 1. The molecule has 0 aliphatic carbocycles. The van der Waals surface area contributed by atoms with Gasteiger partial charge in [0, 0.05) is 44.1 Å². The first-order chi connectivity index (χ1) is 15.1. The third-order valence-corrected chi connectivity index (χ3v) is 5.38. The predicted octanol–water partition coefficient (Wildman–Crippen LogP) is 1.25. The minimum Gasteiger partial charge on any atom is -0.496 e. The van der Waals surface area contributed by atoms with Crippen LogP contribution in [0.15, 0.2) is 42.9 Å². The van der Waals surface area contributed by atoms with Crippen LogP contribution in [0.3, 0.4) is 0 Å². The van der Waals surface area contributed by atoms with Gasteiger partial charge in [-0.15, -0.1) is 5.10 Å². The zero-order valence-corrected chi connectivity index (χ0v) is 17.6. The zero-order valence-electron chi connectivity index (χ0n) is 16.8. The van der Waals surface area contributed by atoms with Crippen LogP contribution >= 0.6 is 11.6 Å². The van der Waals surface area contributed by atoms with Gasteiger partial charge in [-0.3, -0.25) is 14.6 Å². The highest BCUT2D eigenvalue weighted by atomic mass is 35.5. The van der Waals surface area contributed by atoms with E-state index in [2.05, 4.69) is 20.5 Å². The Morgan fingerprint density at radius 1 is 1.13 bits per heavy atom. The van der Waals surface area contributed by atoms with Gasteiger partial charge < -0.3 is 14.5 Å². The number of pyridine rings is 1. The molecule has 2 aromatic heterocycles. The number of nitrogens with zero attached hydrogens (tertiary/aromatic N) is 7. The van der Waals surface area contributed by atoms with E-state index < -0.39 is 0 Å². The molecule has 0 bridgehead atoms. The fourth-order valence-corrected chi connectivity index (χ4v) is 3.67. The number of rotatable bonds is 5. The summed E-state index contributed by atoms with van der Waals surface area (Å²) in [5, 5.41) is 11.3. The van der Waals surface area contributed by atoms with Crippen LogP contribution in [0.2, 0.25) is 5.02 Å². The van der Waals surface area contributed by atoms with Crippen LogP contribution in [0, 0.1) is 0 Å². The van der Waals surface area contributed by atoms with Crippen LogP contribution in [-0.4, -0.2) is 80.1 Å². The Bertz CT molecular complexity index is 1070. The maximum atomic E-state index is 13.1. The molecular formula is C20H20ClN7O3. The number of methoxy groups -OCH3 is 1. The predicted molar refractivity (Wildman–Crippen MR) is 111 cm³/mol. The highest BCUT2D eigenvalue weighted by molar-refractivity contribution is 6.33. The van der Waals surface area contributed by atoms with Gasteiger partial charge in [0.1, 0.15) is 12.1 Å². The van der Waals surface area contributed by atoms with Gasteiger partial charge in [-0.2, -0.15) is 4.68 Å². The van der Waals surface area contributed by atoms with Crippen LogP contribution in [0.25, 0.3) is 5.69 Å². The summed E-state index contributed by atoms with van der Waals surface area (Å²) in [6.45, 7) is 1.75. The van der Waals surface area contributed by atoms with Crippen LogP contribution in [0.4, 0.5) is 0 Å². The number of ether oxygens (including phenoxy) is 1. The van der Waals surface area contributed by atoms with E-state index in [4.69, 9.17) is 16.3 Å². The van der Waals surface area contributed by atoms with Gasteiger partial charge in [0.25, 0.3) is 5.91 Å². The Hall–Kier alpha value is -3.53. The molecule has 1 fully saturated rings. The molecular weight excluding hydrogens is 422 g/mol. The van der Waals surface area contributed by atoms with E-state index >= 15 is 0 Å². The number of carbonyl (C=O) groups excluding carboxylic acids is 2. The molecule has 11 heteroatoms. The van der Waals surface area contributed by atoms with Gasteiger partial charge in [0.2, 0.25) is 5.91 Å². The molecule has 1 aromatic carbocycles. The van der Waals surface area contributed by atoms with E-state index in [9.17, 15) is 9.59 Å². The molecule has 160 valence electrons. The fraction of sp³-hybridized carbons (Fsp3) is 0.300. The summed E-state index contributed by atoms with van der Waals surface area (Å²) in [7, 11) is 1.48. The largest absolute Gasteiger partial charge is 0.496 e. The van der Waals surface area contributed by atoms with Gasteiger partial charge in [0.05, 0.1) is 29.8 Å². The smallest absolute Gasteiger partial charge is 0.257 e. The molecule has 1 saturated heterocycles. The summed E-state index contributed by atoms with van der Waals surface area (Å²) in [5.41, 5.74) is 1.58. The lowest BCUT2D eigenvalue weighted by Crippen LogP contribution is -2.51. The molecule has 0 unspecified atom stereocenters. The monoisotopic (exact) mass is 441 g/mol. The number of tetrazole rings is 1. The van der Waals surface area contributed by atoms with Crippen molar-refractivity contribution < 1.29 is 14.3 Å². The third kappa shape index (κ3) is 4.48. The fourth-order valence-electron chi connectivity index (χ4n) is 3.42. The van der Waals surface area contributed by atoms with Crippen molar-refractivity contribution in [2.45, 2.75) is 6.42 Å². The Labute approximate surface area is 183 Å². The molecule has 3 aromatic rings. The SMILES string of the molecule is COc1cc(-n2cnnn2)c(Cl)cc1C(=O)N1CCN(C(=O)Cc2ccccn2)CC1. The third-order valence-electron chi connectivity index (χ3n) is 5.07. The number of benzene rings is 1. The molecule has 10 nitrogen and oxygen atoms in total. The first-order valence-corrected chi connectivity index (χ1v) is 10.0. The second-order valence-corrected chi connectivity index (χ2v) is 7.34. The Morgan fingerprint density at radius 2 is 1.90 bits per heavy atom. The average molecular weight is 442 g/mol. The first kappa shape index (κ1) is 20.7. The van der Waals surface area contributed by atoms with Crippen molar-refractivity contribution in [2.24, 2.45) is 0 Å². The van der Waals surface area contributed by atoms with Crippen molar-refractivity contribution in [2.75, 3.05) is 33.3 Å². The van der Waals surface area contributed by atoms with E-state index in [1.807, 2.05) is 18.2 Å². The number of hydrogen-bond donors (Lipinski definition) is 0. The van der Waals surface area contributed by atoms with Gasteiger partial charge >= 0.3 is 0 Å². The maximum Gasteiger partial charge on any atom is 0.257 e. The van der Waals surface area contributed by atoms with Crippen molar-refractivity contribution in [1.82, 2.24) is 35.0 Å². The molecule has 0 atom stereocenters. The van der Waals surface area contributed by atoms with Crippen LogP contribution in [-0.2, 0) is 11.2 Å². The molecule has 3 heterocycles. The van der Waals surface area contributed by atoms with Gasteiger partial charge in [-0.05, 0) is 28.6 Å². The van der Waals surface area contributed by atoms with Gasteiger partial charge in [-0.25, -0.2) is 0 Å². The summed E-state index contributed by atoms with van der Waals surface area (Å²) in [4.78, 5) is 33.3. The van der Waals surface area contributed by atoms with E-state index in [1.54, 1.807) is 28.1 Å². The molecule has 0 radical (unpaired) electrons. The second kappa shape index (κ2) is 9.09. The van der Waals surface area contributed by atoms with Crippen molar-refractivity contribution in [3.05, 3.63) is 59.1 Å². The van der Waals surface area contributed by atoms with E-state index in [-0.39, 0.29) is 18.2 Å². The van der Waals surface area contributed by atoms with E-state index in [0.29, 0.717) is 48.2 Å². The van der Waals surface area contributed by atoms with Crippen molar-refractivity contribution in [1.29, 1.82) is 0 Å². The Morgan fingerprint density at radius 3 is 2.55 bits per heavy atom. The van der Waals surface area contributed by atoms with Crippen molar-refractivity contribution in [3.63, 3.8) is 0 Å². The molecule has 1 aliphatic rings. The maximum absolute atomic E-state index is 13.1. The topological polar surface area (TPSA) is 106 Å². The Balaban J connectivity index is 1.44. The molecule has 0 saturated carbocycles. The lowest BCUT2D eigenvalue weighted by Gasteiger charge is -2.35. The highest BCUT2D eigenvalue weighted by Crippen LogP contribution is 2.30. The molecule has 0 N–H and O–H groups in total. The van der Waals surface area contributed by atoms with Crippen LogP contribution < -0.4 is 4.74 Å². The Kier molecular flexibility index (Phi) is 6.08. The van der Waals surface area contributed by atoms with Gasteiger partial charge in [0.15, 0.2) is 0 Å². The number of aromatic nitrogens is 5. The molecule has 4 rings (SSSR count).